The Labute approximate surface area is 155 Å². The van der Waals surface area contributed by atoms with Crippen LogP contribution in [-0.4, -0.2) is 52.4 Å². The third kappa shape index (κ3) is 3.78. The lowest BCUT2D eigenvalue weighted by Crippen LogP contribution is -2.47. The van der Waals surface area contributed by atoms with Crippen LogP contribution in [-0.2, 0) is 11.3 Å². The molecular weight excluding hydrogens is 364 g/mol. The summed E-state index contributed by atoms with van der Waals surface area (Å²) in [5, 5.41) is 5.37. The molecule has 3 heterocycles. The molecule has 1 saturated heterocycles. The van der Waals surface area contributed by atoms with E-state index < -0.39 is 0 Å². The highest BCUT2D eigenvalue weighted by Crippen LogP contribution is 2.25. The highest BCUT2D eigenvalue weighted by Gasteiger charge is 2.23. The van der Waals surface area contributed by atoms with Crippen LogP contribution in [0.4, 0.5) is 10.8 Å². The van der Waals surface area contributed by atoms with Crippen LogP contribution in [0.1, 0.15) is 25.7 Å². The van der Waals surface area contributed by atoms with Crippen LogP contribution in [0.15, 0.2) is 11.0 Å². The number of halogens is 1. The second kappa shape index (κ2) is 7.67. The van der Waals surface area contributed by atoms with Crippen LogP contribution < -0.4 is 15.4 Å². The molecule has 1 aliphatic rings. The number of hydrogen-bond donors (Lipinski definition) is 0. The second-order valence-corrected chi connectivity index (χ2v) is 7.20. The van der Waals surface area contributed by atoms with E-state index in [1.54, 1.807) is 13.3 Å². The molecule has 0 aromatic carbocycles. The molecule has 8 nitrogen and oxygen atoms in total. The van der Waals surface area contributed by atoms with E-state index >= 15 is 0 Å². The van der Waals surface area contributed by atoms with E-state index in [1.807, 2.05) is 13.8 Å². The molecule has 1 aliphatic heterocycles. The van der Waals surface area contributed by atoms with Crippen molar-refractivity contribution in [1.82, 2.24) is 19.1 Å². The quantitative estimate of drug-likeness (QED) is 0.777. The Hall–Kier alpha value is -1.71. The summed E-state index contributed by atoms with van der Waals surface area (Å²) in [7, 11) is 1.63. The smallest absolute Gasteiger partial charge is 0.287 e. The standard InChI is InChI=1S/C15H21ClN6O2S/c1-10(2)22-14(23)13(16)11(8-17-22)20-4-6-21(7-5-20)15-18-12(9-24-3)19-25-15/h8,10H,4-7,9H2,1-3H3. The summed E-state index contributed by atoms with van der Waals surface area (Å²) in [5.74, 6) is 0.703. The van der Waals surface area contributed by atoms with Gasteiger partial charge in [-0.15, -0.1) is 0 Å². The zero-order valence-electron chi connectivity index (χ0n) is 14.5. The number of aromatic nitrogens is 4. The molecule has 136 valence electrons. The Balaban J connectivity index is 1.70. The van der Waals surface area contributed by atoms with Crippen molar-refractivity contribution in [2.75, 3.05) is 43.1 Å². The fourth-order valence-corrected chi connectivity index (χ4v) is 3.70. The van der Waals surface area contributed by atoms with E-state index in [4.69, 9.17) is 16.3 Å². The van der Waals surface area contributed by atoms with E-state index in [0.717, 1.165) is 31.3 Å². The van der Waals surface area contributed by atoms with Gasteiger partial charge in [0.05, 0.1) is 17.9 Å². The fourth-order valence-electron chi connectivity index (χ4n) is 2.72. The molecule has 0 spiro atoms. The topological polar surface area (TPSA) is 76.4 Å². The van der Waals surface area contributed by atoms with Gasteiger partial charge in [0.1, 0.15) is 11.6 Å². The zero-order chi connectivity index (χ0) is 18.0. The van der Waals surface area contributed by atoms with Gasteiger partial charge in [0.2, 0.25) is 5.13 Å². The number of hydrogen-bond acceptors (Lipinski definition) is 8. The summed E-state index contributed by atoms with van der Waals surface area (Å²) in [6.45, 7) is 7.28. The summed E-state index contributed by atoms with van der Waals surface area (Å²) >= 11 is 7.68. The number of methoxy groups -OCH3 is 1. The van der Waals surface area contributed by atoms with E-state index in [-0.39, 0.29) is 16.6 Å². The number of anilines is 2. The number of piperazine rings is 1. The molecule has 1 fully saturated rings. The molecule has 0 unspecified atom stereocenters. The zero-order valence-corrected chi connectivity index (χ0v) is 16.0. The van der Waals surface area contributed by atoms with Crippen LogP contribution in [0.2, 0.25) is 5.02 Å². The van der Waals surface area contributed by atoms with Crippen molar-refractivity contribution in [1.29, 1.82) is 0 Å². The Morgan fingerprint density at radius 3 is 2.60 bits per heavy atom. The average molecular weight is 385 g/mol. The summed E-state index contributed by atoms with van der Waals surface area (Å²) in [5.41, 5.74) is 0.450. The minimum atomic E-state index is -0.245. The first-order valence-electron chi connectivity index (χ1n) is 8.10. The molecule has 0 aliphatic carbocycles. The summed E-state index contributed by atoms with van der Waals surface area (Å²) in [6, 6.07) is -0.0189. The highest BCUT2D eigenvalue weighted by atomic mass is 35.5. The Bertz CT molecular complexity index is 785. The van der Waals surface area contributed by atoms with Crippen molar-refractivity contribution in [3.63, 3.8) is 0 Å². The lowest BCUT2D eigenvalue weighted by molar-refractivity contribution is 0.179. The molecule has 2 aromatic heterocycles. The molecular formula is C15H21ClN6O2S. The van der Waals surface area contributed by atoms with Gasteiger partial charge in [0.15, 0.2) is 5.82 Å². The minimum Gasteiger partial charge on any atom is -0.377 e. The van der Waals surface area contributed by atoms with Gasteiger partial charge in [-0.3, -0.25) is 4.79 Å². The van der Waals surface area contributed by atoms with Crippen LogP contribution in [0.25, 0.3) is 0 Å². The predicted octanol–water partition coefficient (Wildman–Crippen LogP) is 1.80. The normalized spacial score (nSPS) is 15.2. The van der Waals surface area contributed by atoms with Gasteiger partial charge >= 0.3 is 0 Å². The summed E-state index contributed by atoms with van der Waals surface area (Å²) in [4.78, 5) is 21.1. The fraction of sp³-hybridized carbons (Fsp3) is 0.600. The lowest BCUT2D eigenvalue weighted by Gasteiger charge is -2.35. The van der Waals surface area contributed by atoms with Crippen molar-refractivity contribution >= 4 is 34.0 Å². The number of nitrogens with zero attached hydrogens (tertiary/aromatic N) is 6. The lowest BCUT2D eigenvalue weighted by atomic mass is 10.3. The largest absolute Gasteiger partial charge is 0.377 e. The molecule has 3 rings (SSSR count). The molecule has 10 heteroatoms. The van der Waals surface area contributed by atoms with Gasteiger partial charge in [-0.25, -0.2) is 9.67 Å². The predicted molar refractivity (Wildman–Crippen MR) is 98.9 cm³/mol. The molecule has 0 N–H and O–H groups in total. The first-order valence-corrected chi connectivity index (χ1v) is 9.25. The van der Waals surface area contributed by atoms with Gasteiger partial charge in [-0.2, -0.15) is 9.47 Å². The average Bonchev–Trinajstić information content (AvgIpc) is 3.06. The molecule has 0 amide bonds. The minimum absolute atomic E-state index is 0.0189. The van der Waals surface area contributed by atoms with E-state index in [1.165, 1.54) is 16.2 Å². The molecule has 0 bridgehead atoms. The first kappa shape index (κ1) is 18.1. The maximum Gasteiger partial charge on any atom is 0.287 e. The van der Waals surface area contributed by atoms with Gasteiger partial charge < -0.3 is 14.5 Å². The van der Waals surface area contributed by atoms with Crippen LogP contribution >= 0.6 is 23.1 Å². The highest BCUT2D eigenvalue weighted by molar-refractivity contribution is 7.09. The summed E-state index contributed by atoms with van der Waals surface area (Å²) < 4.78 is 10.7. The molecule has 25 heavy (non-hydrogen) atoms. The SMILES string of the molecule is COCc1nsc(N2CCN(c3cnn(C(C)C)c(=O)c3Cl)CC2)n1. The molecule has 0 atom stereocenters. The van der Waals surface area contributed by atoms with Crippen LogP contribution in [0, 0.1) is 0 Å². The van der Waals surface area contributed by atoms with Crippen molar-refractivity contribution in [2.24, 2.45) is 0 Å². The first-order chi connectivity index (χ1) is 12.0. The maximum absolute atomic E-state index is 12.3. The molecule has 0 radical (unpaired) electrons. The van der Waals surface area contributed by atoms with Crippen LogP contribution in [0.5, 0.6) is 0 Å². The maximum atomic E-state index is 12.3. The Kier molecular flexibility index (Phi) is 5.55. The third-order valence-electron chi connectivity index (χ3n) is 4.04. The van der Waals surface area contributed by atoms with Crippen molar-refractivity contribution in [3.8, 4) is 0 Å². The van der Waals surface area contributed by atoms with Gasteiger partial charge in [-0.05, 0) is 13.8 Å². The molecule has 2 aromatic rings. The van der Waals surface area contributed by atoms with Crippen molar-refractivity contribution < 1.29 is 4.74 Å². The van der Waals surface area contributed by atoms with E-state index in [0.29, 0.717) is 18.1 Å². The van der Waals surface area contributed by atoms with Crippen molar-refractivity contribution in [3.05, 3.63) is 27.4 Å². The van der Waals surface area contributed by atoms with E-state index in [9.17, 15) is 4.79 Å². The monoisotopic (exact) mass is 384 g/mol. The molecule has 0 saturated carbocycles. The second-order valence-electron chi connectivity index (χ2n) is 6.09. The van der Waals surface area contributed by atoms with Crippen molar-refractivity contribution in [2.45, 2.75) is 26.5 Å². The number of ether oxygens (including phenoxy) is 1. The van der Waals surface area contributed by atoms with Gasteiger partial charge in [0, 0.05) is 44.8 Å². The van der Waals surface area contributed by atoms with E-state index in [2.05, 4.69) is 24.3 Å². The van der Waals surface area contributed by atoms with Gasteiger partial charge in [0.25, 0.3) is 5.56 Å². The van der Waals surface area contributed by atoms with Crippen LogP contribution in [0.3, 0.4) is 0 Å². The summed E-state index contributed by atoms with van der Waals surface area (Å²) in [6.07, 6.45) is 1.68. The Morgan fingerprint density at radius 1 is 1.28 bits per heavy atom. The third-order valence-corrected chi connectivity index (χ3v) is 5.21. The number of rotatable bonds is 5. The van der Waals surface area contributed by atoms with Gasteiger partial charge in [-0.1, -0.05) is 11.6 Å². The Morgan fingerprint density at radius 2 is 1.96 bits per heavy atom.